The molecule has 2 amide bonds. The Morgan fingerprint density at radius 2 is 1.82 bits per heavy atom. The molecule has 1 aromatic carbocycles. The molecule has 0 unspecified atom stereocenters. The highest BCUT2D eigenvalue weighted by molar-refractivity contribution is 5.92. The second kappa shape index (κ2) is 8.41. The van der Waals surface area contributed by atoms with Crippen LogP contribution in [0.2, 0.25) is 0 Å². The van der Waals surface area contributed by atoms with Gasteiger partial charge in [-0.3, -0.25) is 9.59 Å². The fourth-order valence-electron chi connectivity index (χ4n) is 2.64. The molecule has 0 radical (unpaired) electrons. The van der Waals surface area contributed by atoms with Crippen LogP contribution >= 0.6 is 0 Å². The zero-order chi connectivity index (χ0) is 15.8. The summed E-state index contributed by atoms with van der Waals surface area (Å²) in [6, 6.07) is 7.12. The van der Waals surface area contributed by atoms with Crippen molar-refractivity contribution in [3.63, 3.8) is 0 Å². The van der Waals surface area contributed by atoms with Crippen molar-refractivity contribution >= 4 is 17.5 Å². The number of likely N-dealkylation sites (N-methyl/N-ethyl adjacent to an activating group) is 1. The molecular weight excluding hydrogens is 280 g/mol. The first-order chi connectivity index (χ1) is 10.7. The number of carbonyl (C=O) groups is 2. The molecule has 1 fully saturated rings. The van der Waals surface area contributed by atoms with Crippen molar-refractivity contribution in [3.05, 3.63) is 24.3 Å². The van der Waals surface area contributed by atoms with Crippen LogP contribution in [0.25, 0.3) is 0 Å². The standard InChI is InChI=1S/C17H24N2O3/c1-2-18-16(20)12-22-15-10-8-14(9-11-15)19-17(21)13-6-4-3-5-7-13/h8-11,13H,2-7,12H2,1H3,(H,18,20)(H,19,21). The van der Waals surface area contributed by atoms with Crippen LogP contribution in [0.4, 0.5) is 5.69 Å². The van der Waals surface area contributed by atoms with Gasteiger partial charge in [0.1, 0.15) is 5.75 Å². The van der Waals surface area contributed by atoms with E-state index in [1.54, 1.807) is 24.3 Å². The Kier molecular flexibility index (Phi) is 6.25. The van der Waals surface area contributed by atoms with E-state index in [4.69, 9.17) is 4.74 Å². The van der Waals surface area contributed by atoms with Crippen LogP contribution in [-0.4, -0.2) is 25.0 Å². The van der Waals surface area contributed by atoms with Crippen LogP contribution in [0.15, 0.2) is 24.3 Å². The third-order valence-corrected chi connectivity index (χ3v) is 3.84. The highest BCUT2D eigenvalue weighted by Crippen LogP contribution is 2.25. The number of hydrogen-bond donors (Lipinski definition) is 2. The van der Waals surface area contributed by atoms with Crippen LogP contribution in [0.5, 0.6) is 5.75 Å². The minimum Gasteiger partial charge on any atom is -0.484 e. The minimum atomic E-state index is -0.142. The zero-order valence-corrected chi connectivity index (χ0v) is 13.1. The molecule has 0 bridgehead atoms. The molecule has 0 aliphatic heterocycles. The number of nitrogens with one attached hydrogen (secondary N) is 2. The smallest absolute Gasteiger partial charge is 0.257 e. The van der Waals surface area contributed by atoms with Gasteiger partial charge in [0.05, 0.1) is 0 Å². The van der Waals surface area contributed by atoms with E-state index < -0.39 is 0 Å². The lowest BCUT2D eigenvalue weighted by molar-refractivity contribution is -0.123. The van der Waals surface area contributed by atoms with E-state index >= 15 is 0 Å². The normalized spacial score (nSPS) is 15.1. The Morgan fingerprint density at radius 1 is 1.14 bits per heavy atom. The fourth-order valence-corrected chi connectivity index (χ4v) is 2.64. The molecule has 1 saturated carbocycles. The van der Waals surface area contributed by atoms with Gasteiger partial charge in [0, 0.05) is 18.2 Å². The van der Waals surface area contributed by atoms with Gasteiger partial charge < -0.3 is 15.4 Å². The van der Waals surface area contributed by atoms with Crippen molar-refractivity contribution in [2.45, 2.75) is 39.0 Å². The lowest BCUT2D eigenvalue weighted by Gasteiger charge is -2.20. The Labute approximate surface area is 131 Å². The van der Waals surface area contributed by atoms with Gasteiger partial charge in [-0.25, -0.2) is 0 Å². The van der Waals surface area contributed by atoms with Gasteiger partial charge in [-0.05, 0) is 44.0 Å². The number of amides is 2. The van der Waals surface area contributed by atoms with Crippen molar-refractivity contribution < 1.29 is 14.3 Å². The van der Waals surface area contributed by atoms with Gasteiger partial charge in [-0.2, -0.15) is 0 Å². The van der Waals surface area contributed by atoms with Crippen molar-refractivity contribution in [3.8, 4) is 5.75 Å². The summed E-state index contributed by atoms with van der Waals surface area (Å²) in [6.07, 6.45) is 5.50. The average Bonchev–Trinajstić information content (AvgIpc) is 2.55. The maximum absolute atomic E-state index is 12.1. The summed E-state index contributed by atoms with van der Waals surface area (Å²) in [4.78, 5) is 23.5. The van der Waals surface area contributed by atoms with E-state index in [1.807, 2.05) is 6.92 Å². The van der Waals surface area contributed by atoms with Crippen LogP contribution in [0, 0.1) is 5.92 Å². The summed E-state index contributed by atoms with van der Waals surface area (Å²) in [5.41, 5.74) is 0.765. The topological polar surface area (TPSA) is 67.4 Å². The van der Waals surface area contributed by atoms with Crippen molar-refractivity contribution in [2.24, 2.45) is 5.92 Å². The van der Waals surface area contributed by atoms with Crippen LogP contribution in [0.1, 0.15) is 39.0 Å². The number of anilines is 1. The Hall–Kier alpha value is -2.04. The first kappa shape index (κ1) is 16.3. The van der Waals surface area contributed by atoms with Crippen LogP contribution in [0.3, 0.4) is 0 Å². The van der Waals surface area contributed by atoms with Crippen molar-refractivity contribution in [1.29, 1.82) is 0 Å². The van der Waals surface area contributed by atoms with E-state index in [9.17, 15) is 9.59 Å². The van der Waals surface area contributed by atoms with Gasteiger partial charge in [-0.15, -0.1) is 0 Å². The lowest BCUT2D eigenvalue weighted by Crippen LogP contribution is -2.28. The van der Waals surface area contributed by atoms with E-state index in [2.05, 4.69) is 10.6 Å². The predicted molar refractivity (Wildman–Crippen MR) is 85.8 cm³/mol. The van der Waals surface area contributed by atoms with Crippen molar-refractivity contribution in [1.82, 2.24) is 5.32 Å². The molecule has 0 spiro atoms. The maximum atomic E-state index is 12.1. The van der Waals surface area contributed by atoms with E-state index in [0.29, 0.717) is 12.3 Å². The second-order valence-corrected chi connectivity index (χ2v) is 5.59. The van der Waals surface area contributed by atoms with Crippen molar-refractivity contribution in [2.75, 3.05) is 18.5 Å². The molecule has 0 saturated heterocycles. The molecule has 5 heteroatoms. The summed E-state index contributed by atoms with van der Waals surface area (Å²) in [7, 11) is 0. The van der Waals surface area contributed by atoms with Crippen LogP contribution in [-0.2, 0) is 9.59 Å². The summed E-state index contributed by atoms with van der Waals surface area (Å²) in [6.45, 7) is 2.46. The third kappa shape index (κ3) is 5.06. The monoisotopic (exact) mass is 304 g/mol. The van der Waals surface area contributed by atoms with Gasteiger partial charge >= 0.3 is 0 Å². The molecule has 0 aromatic heterocycles. The molecule has 2 rings (SSSR count). The van der Waals surface area contributed by atoms with Gasteiger partial charge in [0.25, 0.3) is 5.91 Å². The molecule has 5 nitrogen and oxygen atoms in total. The molecule has 1 aliphatic rings. The number of benzene rings is 1. The Bertz CT molecular complexity index is 493. The van der Waals surface area contributed by atoms with E-state index in [0.717, 1.165) is 31.4 Å². The summed E-state index contributed by atoms with van der Waals surface area (Å²) < 4.78 is 5.37. The van der Waals surface area contributed by atoms with Gasteiger partial charge in [0.2, 0.25) is 5.91 Å². The largest absolute Gasteiger partial charge is 0.484 e. The SMILES string of the molecule is CCNC(=O)COc1ccc(NC(=O)C2CCCCC2)cc1. The first-order valence-corrected chi connectivity index (χ1v) is 7.99. The third-order valence-electron chi connectivity index (χ3n) is 3.84. The first-order valence-electron chi connectivity index (χ1n) is 7.99. The quantitative estimate of drug-likeness (QED) is 0.849. The lowest BCUT2D eigenvalue weighted by atomic mass is 9.88. The highest BCUT2D eigenvalue weighted by atomic mass is 16.5. The molecule has 1 aromatic rings. The Morgan fingerprint density at radius 3 is 2.45 bits per heavy atom. The molecule has 120 valence electrons. The van der Waals surface area contributed by atoms with E-state index in [1.165, 1.54) is 6.42 Å². The molecule has 22 heavy (non-hydrogen) atoms. The summed E-state index contributed by atoms with van der Waals surface area (Å²) >= 11 is 0. The van der Waals surface area contributed by atoms with Gasteiger partial charge in [0.15, 0.2) is 6.61 Å². The molecule has 1 aliphatic carbocycles. The Balaban J connectivity index is 1.81. The number of ether oxygens (including phenoxy) is 1. The van der Waals surface area contributed by atoms with Crippen LogP contribution < -0.4 is 15.4 Å². The summed E-state index contributed by atoms with van der Waals surface area (Å²) in [5, 5.41) is 5.62. The predicted octanol–water partition coefficient (Wildman–Crippen LogP) is 2.72. The number of carbonyl (C=O) groups excluding carboxylic acids is 2. The molecular formula is C17H24N2O3. The maximum Gasteiger partial charge on any atom is 0.257 e. The molecule has 0 atom stereocenters. The zero-order valence-electron chi connectivity index (χ0n) is 13.1. The second-order valence-electron chi connectivity index (χ2n) is 5.59. The highest BCUT2D eigenvalue weighted by Gasteiger charge is 2.20. The van der Waals surface area contributed by atoms with E-state index in [-0.39, 0.29) is 24.3 Å². The molecule has 2 N–H and O–H groups in total. The summed E-state index contributed by atoms with van der Waals surface area (Å²) in [5.74, 6) is 0.720. The molecule has 0 heterocycles. The van der Waals surface area contributed by atoms with Gasteiger partial charge in [-0.1, -0.05) is 19.3 Å². The average molecular weight is 304 g/mol. The number of hydrogen-bond acceptors (Lipinski definition) is 3. The fraction of sp³-hybridized carbons (Fsp3) is 0.529. The number of rotatable bonds is 6. The minimum absolute atomic E-state index is 0.00161.